The number of likely N-dealkylation sites (tertiary alicyclic amines) is 1. The number of benzene rings is 2. The minimum absolute atomic E-state index is 0.0730. The average Bonchev–Trinajstić information content (AvgIpc) is 2.94. The molecule has 1 amide bonds. The Kier molecular flexibility index (Phi) is 5.89. The van der Waals surface area contributed by atoms with E-state index in [-0.39, 0.29) is 31.8 Å². The Morgan fingerprint density at radius 3 is 2.00 bits per heavy atom. The van der Waals surface area contributed by atoms with Crippen molar-refractivity contribution in [1.29, 1.82) is 0 Å². The van der Waals surface area contributed by atoms with Gasteiger partial charge in [0.05, 0.1) is 11.2 Å². The highest BCUT2D eigenvalue weighted by atomic mass is 35.5. The smallest absolute Gasteiger partial charge is 0.399 e. The van der Waals surface area contributed by atoms with Crippen molar-refractivity contribution in [2.75, 3.05) is 13.1 Å². The lowest BCUT2D eigenvalue weighted by molar-refractivity contribution is -0.0494. The number of alkyl halides is 2. The molecule has 0 atom stereocenters. The number of rotatable bonds is 3. The van der Waals surface area contributed by atoms with E-state index in [9.17, 15) is 13.6 Å². The van der Waals surface area contributed by atoms with Crippen LogP contribution in [0.4, 0.5) is 8.78 Å². The lowest BCUT2D eigenvalue weighted by Gasteiger charge is -2.32. The summed E-state index contributed by atoms with van der Waals surface area (Å²) in [7, 11) is -0.543. The molecule has 2 aliphatic heterocycles. The summed E-state index contributed by atoms with van der Waals surface area (Å²) < 4.78 is 38.9. The molecule has 2 aromatic carbocycles. The predicted molar refractivity (Wildman–Crippen MR) is 123 cm³/mol. The van der Waals surface area contributed by atoms with Gasteiger partial charge in [0.1, 0.15) is 0 Å². The summed E-state index contributed by atoms with van der Waals surface area (Å²) in [4.78, 5) is 14.1. The topological polar surface area (TPSA) is 38.8 Å². The number of carbonyl (C=O) groups excluding carboxylic acids is 1. The molecule has 8 heteroatoms. The van der Waals surface area contributed by atoms with Crippen LogP contribution in [0.3, 0.4) is 0 Å². The summed E-state index contributed by atoms with van der Waals surface area (Å²) in [6.45, 7) is 8.12. The molecule has 170 valence electrons. The number of halogens is 3. The molecule has 2 aliphatic rings. The Morgan fingerprint density at radius 1 is 0.938 bits per heavy atom. The Hall–Kier alpha value is -1.96. The molecule has 32 heavy (non-hydrogen) atoms. The number of piperidine rings is 1. The van der Waals surface area contributed by atoms with Gasteiger partial charge in [0.2, 0.25) is 0 Å². The normalized spacial score (nSPS) is 21.6. The Bertz CT molecular complexity index is 1000. The first kappa shape index (κ1) is 23.2. The Morgan fingerprint density at radius 2 is 1.47 bits per heavy atom. The third-order valence-corrected chi connectivity index (χ3v) is 7.08. The minimum atomic E-state index is -2.67. The van der Waals surface area contributed by atoms with Gasteiger partial charge < -0.3 is 14.2 Å². The van der Waals surface area contributed by atoms with Crippen molar-refractivity contribution >= 4 is 30.1 Å². The highest BCUT2D eigenvalue weighted by Gasteiger charge is 2.52. The third-order valence-electron chi connectivity index (χ3n) is 6.75. The first-order valence-electron chi connectivity index (χ1n) is 10.8. The maximum absolute atomic E-state index is 13.4. The van der Waals surface area contributed by atoms with Crippen molar-refractivity contribution in [2.45, 2.75) is 57.7 Å². The van der Waals surface area contributed by atoms with E-state index in [4.69, 9.17) is 20.9 Å². The maximum atomic E-state index is 13.4. The fraction of sp³-hybridized carbons (Fsp3) is 0.458. The van der Waals surface area contributed by atoms with Gasteiger partial charge in [0, 0.05) is 42.0 Å². The second-order valence-corrected chi connectivity index (χ2v) is 9.96. The minimum Gasteiger partial charge on any atom is -0.399 e. The van der Waals surface area contributed by atoms with E-state index in [1.54, 1.807) is 12.1 Å². The number of amides is 1. The second kappa shape index (κ2) is 8.12. The predicted octanol–water partition coefficient (Wildman–Crippen LogP) is 5.18. The van der Waals surface area contributed by atoms with Crippen LogP contribution in [0.25, 0.3) is 11.1 Å². The Balaban J connectivity index is 1.48. The molecule has 0 aromatic heterocycles. The first-order valence-corrected chi connectivity index (χ1v) is 11.2. The van der Waals surface area contributed by atoms with E-state index in [0.717, 1.165) is 16.6 Å². The summed E-state index contributed by atoms with van der Waals surface area (Å²) in [5.41, 5.74) is 2.14. The van der Waals surface area contributed by atoms with Crippen LogP contribution in [0, 0.1) is 0 Å². The van der Waals surface area contributed by atoms with Gasteiger partial charge in [-0.2, -0.15) is 0 Å². The molecule has 0 N–H and O–H groups in total. The quantitative estimate of drug-likeness (QED) is 0.591. The fourth-order valence-electron chi connectivity index (χ4n) is 3.89. The molecule has 0 unspecified atom stereocenters. The van der Waals surface area contributed by atoms with Gasteiger partial charge in [-0.25, -0.2) is 8.78 Å². The van der Waals surface area contributed by atoms with Crippen LogP contribution in [-0.4, -0.2) is 48.1 Å². The van der Waals surface area contributed by atoms with E-state index in [1.807, 2.05) is 58.0 Å². The van der Waals surface area contributed by atoms with E-state index in [0.29, 0.717) is 10.6 Å². The molecule has 2 saturated heterocycles. The van der Waals surface area contributed by atoms with Gasteiger partial charge in [-0.15, -0.1) is 0 Å². The number of hydrogen-bond acceptors (Lipinski definition) is 3. The van der Waals surface area contributed by atoms with Crippen LogP contribution in [0.1, 0.15) is 50.9 Å². The zero-order valence-corrected chi connectivity index (χ0v) is 19.5. The lowest BCUT2D eigenvalue weighted by Crippen LogP contribution is -2.42. The van der Waals surface area contributed by atoms with E-state index in [2.05, 4.69) is 0 Å². The molecule has 0 spiro atoms. The van der Waals surface area contributed by atoms with Gasteiger partial charge in [-0.05, 0) is 57.0 Å². The SMILES string of the molecule is CC1(C)OB(c2ccc(-c3ccc(C(=O)N4CCC(F)(F)CC4)cc3)cc2Cl)OC1(C)C. The molecule has 0 radical (unpaired) electrons. The van der Waals surface area contributed by atoms with Crippen molar-refractivity contribution in [3.63, 3.8) is 0 Å². The Labute approximate surface area is 193 Å². The van der Waals surface area contributed by atoms with Gasteiger partial charge >= 0.3 is 7.12 Å². The molecular weight excluding hydrogens is 435 g/mol. The maximum Gasteiger partial charge on any atom is 0.496 e. The fourth-order valence-corrected chi connectivity index (χ4v) is 4.16. The van der Waals surface area contributed by atoms with Crippen molar-refractivity contribution in [3.05, 3.63) is 53.1 Å². The zero-order chi connectivity index (χ0) is 23.3. The van der Waals surface area contributed by atoms with Crippen LogP contribution in [0.5, 0.6) is 0 Å². The monoisotopic (exact) mass is 461 g/mol. The molecule has 4 rings (SSSR count). The summed E-state index contributed by atoms with van der Waals surface area (Å²) in [6.07, 6.45) is -0.574. The van der Waals surface area contributed by atoms with Crippen molar-refractivity contribution < 1.29 is 22.9 Å². The summed E-state index contributed by atoms with van der Waals surface area (Å²) in [5, 5.41) is 0.537. The number of carbonyl (C=O) groups is 1. The molecular formula is C24H27BClF2NO3. The lowest BCUT2D eigenvalue weighted by atomic mass is 9.78. The molecule has 2 heterocycles. The summed E-state index contributed by atoms with van der Waals surface area (Å²) >= 11 is 6.57. The molecule has 0 bridgehead atoms. The van der Waals surface area contributed by atoms with Gasteiger partial charge in [0.25, 0.3) is 11.8 Å². The highest BCUT2D eigenvalue weighted by Crippen LogP contribution is 2.37. The van der Waals surface area contributed by atoms with Crippen molar-refractivity contribution in [2.24, 2.45) is 0 Å². The van der Waals surface area contributed by atoms with E-state index >= 15 is 0 Å². The van der Waals surface area contributed by atoms with E-state index in [1.165, 1.54) is 4.90 Å². The number of nitrogens with zero attached hydrogens (tertiary/aromatic N) is 1. The van der Waals surface area contributed by atoms with Crippen LogP contribution in [-0.2, 0) is 9.31 Å². The van der Waals surface area contributed by atoms with Crippen molar-refractivity contribution in [1.82, 2.24) is 4.90 Å². The largest absolute Gasteiger partial charge is 0.496 e. The van der Waals surface area contributed by atoms with Crippen molar-refractivity contribution in [3.8, 4) is 11.1 Å². The standard InChI is InChI=1S/C24H27BClF2NO3/c1-22(2)23(3,4)32-25(31-22)19-10-9-18(15-20(19)26)16-5-7-17(8-6-16)21(30)29-13-11-24(27,28)12-14-29/h5-10,15H,11-14H2,1-4H3. The van der Waals surface area contributed by atoms with Crippen LogP contribution < -0.4 is 5.46 Å². The number of hydrogen-bond donors (Lipinski definition) is 0. The third kappa shape index (κ3) is 4.43. The van der Waals surface area contributed by atoms with Crippen LogP contribution in [0.2, 0.25) is 5.02 Å². The summed E-state index contributed by atoms with van der Waals surface area (Å²) in [6, 6.07) is 12.8. The zero-order valence-electron chi connectivity index (χ0n) is 18.8. The van der Waals surface area contributed by atoms with Crippen LogP contribution in [0.15, 0.2) is 42.5 Å². The van der Waals surface area contributed by atoms with Gasteiger partial charge in [-0.1, -0.05) is 35.9 Å². The molecule has 2 fully saturated rings. The highest BCUT2D eigenvalue weighted by molar-refractivity contribution is 6.65. The molecule has 4 nitrogen and oxygen atoms in total. The van der Waals surface area contributed by atoms with Gasteiger partial charge in [-0.3, -0.25) is 4.79 Å². The molecule has 0 saturated carbocycles. The first-order chi connectivity index (χ1) is 14.9. The second-order valence-electron chi connectivity index (χ2n) is 9.55. The van der Waals surface area contributed by atoms with Crippen LogP contribution >= 0.6 is 11.6 Å². The summed E-state index contributed by atoms with van der Waals surface area (Å²) in [5.74, 6) is -2.90. The van der Waals surface area contributed by atoms with Gasteiger partial charge in [0.15, 0.2) is 0 Å². The molecule has 2 aromatic rings. The molecule has 0 aliphatic carbocycles. The average molecular weight is 462 g/mol. The van der Waals surface area contributed by atoms with E-state index < -0.39 is 24.2 Å².